The summed E-state index contributed by atoms with van der Waals surface area (Å²) < 4.78 is 18.4. The van der Waals surface area contributed by atoms with Gasteiger partial charge in [0.15, 0.2) is 23.1 Å². The van der Waals surface area contributed by atoms with Crippen molar-refractivity contribution in [2.24, 2.45) is 0 Å². The molecular weight excluding hydrogens is 639 g/mol. The van der Waals surface area contributed by atoms with Crippen LogP contribution in [0.2, 0.25) is 0 Å². The lowest BCUT2D eigenvalue weighted by Crippen LogP contribution is -2.40. The summed E-state index contributed by atoms with van der Waals surface area (Å²) in [5.41, 5.74) is 4.94. The van der Waals surface area contributed by atoms with Crippen molar-refractivity contribution < 1.29 is 28.7 Å². The summed E-state index contributed by atoms with van der Waals surface area (Å²) in [4.78, 5) is 40.1. The van der Waals surface area contributed by atoms with Crippen molar-refractivity contribution in [1.82, 2.24) is 4.90 Å². The van der Waals surface area contributed by atoms with Gasteiger partial charge in [-0.15, -0.1) is 0 Å². The van der Waals surface area contributed by atoms with Gasteiger partial charge in [-0.25, -0.2) is 0 Å². The van der Waals surface area contributed by atoms with Gasteiger partial charge in [0.2, 0.25) is 0 Å². The molecule has 2 aromatic carbocycles. The highest BCUT2D eigenvalue weighted by Crippen LogP contribution is 2.50. The summed E-state index contributed by atoms with van der Waals surface area (Å²) in [5.74, 6) is 0.745. The van der Waals surface area contributed by atoms with Gasteiger partial charge >= 0.3 is 0 Å². The van der Waals surface area contributed by atoms with E-state index in [1.165, 1.54) is 12.1 Å². The molecule has 0 bridgehead atoms. The maximum atomic E-state index is 13.6. The molecular formula is C31H33IN2O7. The third-order valence-electron chi connectivity index (χ3n) is 7.78. The maximum absolute atomic E-state index is 13.6. The van der Waals surface area contributed by atoms with Gasteiger partial charge < -0.3 is 19.1 Å². The summed E-state index contributed by atoms with van der Waals surface area (Å²) in [6.45, 7) is 3.50. The van der Waals surface area contributed by atoms with Crippen LogP contribution in [0.5, 0.6) is 11.5 Å². The zero-order chi connectivity index (χ0) is 29.1. The molecule has 9 nitrogen and oxygen atoms in total. The van der Waals surface area contributed by atoms with Crippen LogP contribution in [0, 0.1) is 13.7 Å². The topological polar surface area (TPSA) is 108 Å². The number of nitro benzene ring substituents is 1. The Balaban J connectivity index is 1.58. The van der Waals surface area contributed by atoms with Crippen molar-refractivity contribution in [3.05, 3.63) is 83.7 Å². The standard InChI is InChI=1S/C31H33IN2O7/c1-3-40-27-17-20(16-22(32)31(27)41-18-19-7-4-8-21(15-19)34(37)38)28-29-23(9-5-11-25(29)35)33(13-14-39-2)24-10-6-12-26(36)30(24)28/h4,7-8,15-17,28H,3,5-6,9-14,18H2,1-2H3. The minimum Gasteiger partial charge on any atom is -0.490 e. The highest BCUT2D eigenvalue weighted by molar-refractivity contribution is 14.1. The first-order valence-electron chi connectivity index (χ1n) is 13.9. The second kappa shape index (κ2) is 12.7. The summed E-state index contributed by atoms with van der Waals surface area (Å²) in [5, 5.41) is 11.2. The van der Waals surface area contributed by atoms with Gasteiger partial charge in [0.1, 0.15) is 6.61 Å². The zero-order valence-corrected chi connectivity index (χ0v) is 25.4. The first-order chi connectivity index (χ1) is 19.8. The summed E-state index contributed by atoms with van der Waals surface area (Å²) in [6, 6.07) is 10.2. The van der Waals surface area contributed by atoms with E-state index in [0.717, 1.165) is 46.2 Å². The van der Waals surface area contributed by atoms with Crippen molar-refractivity contribution in [2.75, 3.05) is 26.9 Å². The smallest absolute Gasteiger partial charge is 0.269 e. The molecule has 216 valence electrons. The van der Waals surface area contributed by atoms with Crippen LogP contribution in [0.1, 0.15) is 62.5 Å². The number of methoxy groups -OCH3 is 1. The van der Waals surface area contributed by atoms with Gasteiger partial charge in [-0.2, -0.15) is 0 Å². The van der Waals surface area contributed by atoms with E-state index >= 15 is 0 Å². The van der Waals surface area contributed by atoms with Crippen LogP contribution in [0.15, 0.2) is 58.9 Å². The fourth-order valence-corrected chi connectivity index (χ4v) is 6.86. The predicted molar refractivity (Wildman–Crippen MR) is 161 cm³/mol. The van der Waals surface area contributed by atoms with Crippen LogP contribution in [0.4, 0.5) is 5.69 Å². The van der Waals surface area contributed by atoms with Crippen LogP contribution >= 0.6 is 22.6 Å². The largest absolute Gasteiger partial charge is 0.490 e. The van der Waals surface area contributed by atoms with Crippen LogP contribution in [0.3, 0.4) is 0 Å². The molecule has 1 heterocycles. The molecule has 3 aliphatic rings. The van der Waals surface area contributed by atoms with E-state index in [2.05, 4.69) is 27.5 Å². The Bertz CT molecular complexity index is 1400. The number of ether oxygens (including phenoxy) is 3. The number of benzene rings is 2. The molecule has 0 aromatic heterocycles. The molecule has 2 aromatic rings. The minimum absolute atomic E-state index is 0.000439. The molecule has 0 amide bonds. The lowest BCUT2D eigenvalue weighted by atomic mass is 9.71. The van der Waals surface area contributed by atoms with Crippen LogP contribution in [0.25, 0.3) is 0 Å². The van der Waals surface area contributed by atoms with Crippen LogP contribution in [-0.2, 0) is 20.9 Å². The average Bonchev–Trinajstić information content (AvgIpc) is 2.95. The minimum atomic E-state index is -0.460. The van der Waals surface area contributed by atoms with Gasteiger partial charge in [0.25, 0.3) is 5.69 Å². The second-order valence-corrected chi connectivity index (χ2v) is 11.5. The number of non-ortho nitro benzene ring substituents is 1. The molecule has 0 radical (unpaired) electrons. The number of halogens is 1. The Kier molecular flexibility index (Phi) is 9.08. The highest BCUT2D eigenvalue weighted by Gasteiger charge is 2.43. The third-order valence-corrected chi connectivity index (χ3v) is 8.58. The SMILES string of the molecule is CCOc1cc(C2C3=C(CCCC3=O)N(CCOC)C3=C2C(=O)CCC3)cc(I)c1OCc1cccc([N+](=O)[O-])c1. The molecule has 0 N–H and O–H groups in total. The number of ketones is 2. The van der Waals surface area contributed by atoms with Crippen molar-refractivity contribution >= 4 is 39.8 Å². The van der Waals surface area contributed by atoms with E-state index in [4.69, 9.17) is 14.2 Å². The third kappa shape index (κ3) is 5.90. The average molecular weight is 673 g/mol. The number of carbonyl (C=O) groups is 2. The Morgan fingerprint density at radius 1 is 1.00 bits per heavy atom. The Hall–Kier alpha value is -3.25. The van der Waals surface area contributed by atoms with E-state index in [0.29, 0.717) is 60.8 Å². The van der Waals surface area contributed by atoms with Crippen LogP contribution < -0.4 is 9.47 Å². The summed E-state index contributed by atoms with van der Waals surface area (Å²) in [7, 11) is 1.66. The number of hydrogen-bond donors (Lipinski definition) is 0. The number of hydrogen-bond acceptors (Lipinski definition) is 8. The summed E-state index contributed by atoms with van der Waals surface area (Å²) >= 11 is 2.19. The fourth-order valence-electron chi connectivity index (χ4n) is 6.08. The zero-order valence-electron chi connectivity index (χ0n) is 23.2. The first-order valence-corrected chi connectivity index (χ1v) is 15.0. The molecule has 1 aliphatic heterocycles. The molecule has 41 heavy (non-hydrogen) atoms. The molecule has 0 saturated heterocycles. The van der Waals surface area contributed by atoms with Gasteiger partial charge in [0.05, 0.1) is 21.7 Å². The molecule has 2 aliphatic carbocycles. The number of carbonyl (C=O) groups excluding carboxylic acids is 2. The molecule has 0 saturated carbocycles. The quantitative estimate of drug-likeness (QED) is 0.166. The molecule has 0 spiro atoms. The van der Waals surface area contributed by atoms with E-state index in [-0.39, 0.29) is 23.9 Å². The molecule has 0 unspecified atom stereocenters. The van der Waals surface area contributed by atoms with E-state index in [1.807, 2.05) is 19.1 Å². The number of rotatable bonds is 10. The second-order valence-electron chi connectivity index (χ2n) is 10.3. The number of allylic oxidation sites excluding steroid dienone is 4. The number of nitro groups is 1. The van der Waals surface area contributed by atoms with Gasteiger partial charge in [-0.1, -0.05) is 12.1 Å². The van der Waals surface area contributed by atoms with Gasteiger partial charge in [0, 0.05) is 67.1 Å². The van der Waals surface area contributed by atoms with E-state index in [1.54, 1.807) is 19.2 Å². The van der Waals surface area contributed by atoms with Crippen molar-refractivity contribution in [1.29, 1.82) is 0 Å². The monoisotopic (exact) mass is 672 g/mol. The normalized spacial score (nSPS) is 17.5. The lowest BCUT2D eigenvalue weighted by molar-refractivity contribution is -0.384. The van der Waals surface area contributed by atoms with Crippen molar-refractivity contribution in [2.45, 2.75) is 58.0 Å². The lowest BCUT2D eigenvalue weighted by Gasteiger charge is -2.44. The fraction of sp³-hybridized carbons (Fsp3) is 0.419. The maximum Gasteiger partial charge on any atom is 0.269 e. The van der Waals surface area contributed by atoms with Crippen LogP contribution in [-0.4, -0.2) is 48.3 Å². The summed E-state index contributed by atoms with van der Waals surface area (Å²) in [6.07, 6.45) is 4.07. The molecule has 10 heteroatoms. The highest BCUT2D eigenvalue weighted by atomic mass is 127. The number of nitrogens with zero attached hydrogens (tertiary/aromatic N) is 2. The molecule has 5 rings (SSSR count). The molecule has 0 fully saturated rings. The van der Waals surface area contributed by atoms with E-state index < -0.39 is 10.8 Å². The Labute approximate surface area is 252 Å². The number of Topliss-reactive ketones (excluding diaryl/α,β-unsaturated/α-hetero) is 2. The van der Waals surface area contributed by atoms with Gasteiger partial charge in [-0.05, 0) is 78.5 Å². The Morgan fingerprint density at radius 3 is 2.29 bits per heavy atom. The van der Waals surface area contributed by atoms with Crippen molar-refractivity contribution in [3.8, 4) is 11.5 Å². The Morgan fingerprint density at radius 2 is 1.68 bits per heavy atom. The predicted octanol–water partition coefficient (Wildman–Crippen LogP) is 6.24. The first kappa shape index (κ1) is 29.2. The van der Waals surface area contributed by atoms with E-state index in [9.17, 15) is 19.7 Å². The van der Waals surface area contributed by atoms with Gasteiger partial charge in [-0.3, -0.25) is 19.7 Å². The molecule has 0 atom stereocenters. The van der Waals surface area contributed by atoms with Crippen molar-refractivity contribution in [3.63, 3.8) is 0 Å².